The third-order valence-corrected chi connectivity index (χ3v) is 9.98. The van der Waals surface area contributed by atoms with Gasteiger partial charge in [-0.3, -0.25) is 0 Å². The number of aryl methyl sites for hydroxylation is 1. The highest BCUT2D eigenvalue weighted by molar-refractivity contribution is 6.26. The Bertz CT molecular complexity index is 2960. The summed E-state index contributed by atoms with van der Waals surface area (Å²) < 4.78 is 33.7. The van der Waals surface area contributed by atoms with E-state index in [1.807, 2.05) is 95.6 Å². The SMILES string of the molecule is Cc1cc(-n2c3ccccc3c3c2ccc2c4ccccc4n(-c4cc(F)cc(F)c4)c23)ccc1-c1nc(-c2ccccc2)nc(-c2ccccc2)n1. The van der Waals surface area contributed by atoms with Crippen LogP contribution in [0, 0.1) is 18.6 Å². The molecule has 53 heavy (non-hydrogen) atoms. The molecule has 0 spiro atoms. The van der Waals surface area contributed by atoms with Crippen molar-refractivity contribution in [2.75, 3.05) is 0 Å². The Balaban J connectivity index is 1.20. The summed E-state index contributed by atoms with van der Waals surface area (Å²) in [5.41, 5.74) is 8.90. The molecule has 10 aromatic rings. The van der Waals surface area contributed by atoms with Gasteiger partial charge in [-0.15, -0.1) is 0 Å². The van der Waals surface area contributed by atoms with Gasteiger partial charge < -0.3 is 9.13 Å². The van der Waals surface area contributed by atoms with Crippen molar-refractivity contribution in [1.82, 2.24) is 24.1 Å². The predicted octanol–water partition coefficient (Wildman–Crippen LogP) is 11.7. The molecule has 0 aliphatic rings. The smallest absolute Gasteiger partial charge is 0.164 e. The van der Waals surface area contributed by atoms with Crippen molar-refractivity contribution in [1.29, 1.82) is 0 Å². The van der Waals surface area contributed by atoms with Crippen LogP contribution in [0.4, 0.5) is 8.78 Å². The van der Waals surface area contributed by atoms with Crippen LogP contribution >= 0.6 is 0 Å². The molecule has 0 aliphatic heterocycles. The van der Waals surface area contributed by atoms with Crippen LogP contribution in [-0.2, 0) is 0 Å². The van der Waals surface area contributed by atoms with Crippen LogP contribution in [-0.4, -0.2) is 24.1 Å². The van der Waals surface area contributed by atoms with E-state index in [1.165, 1.54) is 12.1 Å². The molecule has 0 radical (unpaired) electrons. The monoisotopic (exact) mass is 689 g/mol. The zero-order chi connectivity index (χ0) is 35.6. The molecule has 0 amide bonds. The van der Waals surface area contributed by atoms with Crippen LogP contribution < -0.4 is 0 Å². The highest BCUT2D eigenvalue weighted by Crippen LogP contribution is 2.42. The molecule has 7 aromatic carbocycles. The zero-order valence-corrected chi connectivity index (χ0v) is 28.5. The molecule has 0 fully saturated rings. The summed E-state index contributed by atoms with van der Waals surface area (Å²) in [5.74, 6) is 0.565. The zero-order valence-electron chi connectivity index (χ0n) is 28.5. The highest BCUT2D eigenvalue weighted by atomic mass is 19.1. The van der Waals surface area contributed by atoms with E-state index >= 15 is 0 Å². The summed E-state index contributed by atoms with van der Waals surface area (Å²) >= 11 is 0. The molecule has 0 unspecified atom stereocenters. The van der Waals surface area contributed by atoms with Gasteiger partial charge in [-0.05, 0) is 61.0 Å². The maximum atomic E-state index is 14.8. The van der Waals surface area contributed by atoms with Crippen LogP contribution in [0.15, 0.2) is 158 Å². The molecule has 0 saturated carbocycles. The quantitative estimate of drug-likeness (QED) is 0.181. The highest BCUT2D eigenvalue weighted by Gasteiger charge is 2.22. The van der Waals surface area contributed by atoms with Crippen molar-refractivity contribution in [3.8, 4) is 45.5 Å². The fourth-order valence-electron chi connectivity index (χ4n) is 7.69. The van der Waals surface area contributed by atoms with E-state index in [0.717, 1.165) is 77.6 Å². The Morgan fingerprint density at radius 1 is 0.434 bits per heavy atom. The molecule has 5 nitrogen and oxygen atoms in total. The van der Waals surface area contributed by atoms with Crippen LogP contribution in [0.25, 0.3) is 89.2 Å². The largest absolute Gasteiger partial charge is 0.309 e. The summed E-state index contributed by atoms with van der Waals surface area (Å²) in [5, 5.41) is 4.05. The predicted molar refractivity (Wildman–Crippen MR) is 209 cm³/mol. The lowest BCUT2D eigenvalue weighted by molar-refractivity contribution is 0.582. The minimum atomic E-state index is -0.624. The second kappa shape index (κ2) is 12.1. The Morgan fingerprint density at radius 3 is 1.64 bits per heavy atom. The van der Waals surface area contributed by atoms with Gasteiger partial charge in [-0.2, -0.15) is 0 Å². The molecular weight excluding hydrogens is 661 g/mol. The van der Waals surface area contributed by atoms with E-state index in [9.17, 15) is 8.78 Å². The van der Waals surface area contributed by atoms with Crippen molar-refractivity contribution in [3.63, 3.8) is 0 Å². The number of para-hydroxylation sites is 2. The van der Waals surface area contributed by atoms with Crippen LogP contribution in [0.2, 0.25) is 0 Å². The molecule has 3 heterocycles. The summed E-state index contributed by atoms with van der Waals surface area (Å²) in [7, 11) is 0. The maximum absolute atomic E-state index is 14.8. The summed E-state index contributed by atoms with van der Waals surface area (Å²) in [4.78, 5) is 14.8. The molecule has 10 rings (SSSR count). The van der Waals surface area contributed by atoms with E-state index in [0.29, 0.717) is 23.2 Å². The van der Waals surface area contributed by atoms with Crippen molar-refractivity contribution in [2.45, 2.75) is 6.92 Å². The van der Waals surface area contributed by atoms with E-state index in [2.05, 4.69) is 60.0 Å². The first-order chi connectivity index (χ1) is 26.0. The van der Waals surface area contributed by atoms with Crippen molar-refractivity contribution >= 4 is 43.6 Å². The topological polar surface area (TPSA) is 48.5 Å². The molecule has 0 atom stereocenters. The number of rotatable bonds is 5. The molecule has 0 N–H and O–H groups in total. The molecular formula is C46H29F2N5. The average Bonchev–Trinajstić information content (AvgIpc) is 3.71. The lowest BCUT2D eigenvalue weighted by atomic mass is 10.1. The molecule has 3 aromatic heterocycles. The Morgan fingerprint density at radius 2 is 1.00 bits per heavy atom. The van der Waals surface area contributed by atoms with Gasteiger partial charge in [0, 0.05) is 50.0 Å². The molecule has 252 valence electrons. The Kier molecular flexibility index (Phi) is 7.01. The Hall–Kier alpha value is -6.99. The summed E-state index contributed by atoms with van der Waals surface area (Å²) in [6.45, 7) is 2.08. The molecule has 0 bridgehead atoms. The molecule has 0 saturated heterocycles. The van der Waals surface area contributed by atoms with Crippen molar-refractivity contribution in [3.05, 3.63) is 175 Å². The second-order valence-corrected chi connectivity index (χ2v) is 13.2. The first-order valence-electron chi connectivity index (χ1n) is 17.4. The number of aromatic nitrogens is 5. The first-order valence-corrected chi connectivity index (χ1v) is 17.4. The van der Waals surface area contributed by atoms with E-state index in [1.54, 1.807) is 0 Å². The number of hydrogen-bond acceptors (Lipinski definition) is 3. The molecule has 7 heteroatoms. The van der Waals surface area contributed by atoms with Gasteiger partial charge in [0.15, 0.2) is 17.5 Å². The minimum Gasteiger partial charge on any atom is -0.309 e. The fourth-order valence-corrected chi connectivity index (χ4v) is 7.69. The standard InChI is InChI=1S/C46H29F2N5/c1-28-24-33(20-21-35(28)46-50-44(29-12-4-2-5-13-29)49-45(51-46)30-14-6-3-7-15-30)52-40-19-11-9-17-38(40)42-41(52)23-22-37-36-16-8-10-18-39(36)53(43(37)42)34-26-31(47)25-32(48)27-34/h2-27H,1H3. The number of nitrogens with zero attached hydrogens (tertiary/aromatic N) is 5. The van der Waals surface area contributed by atoms with E-state index in [4.69, 9.17) is 15.0 Å². The van der Waals surface area contributed by atoms with Gasteiger partial charge in [0.05, 0.1) is 27.8 Å². The number of hydrogen-bond donors (Lipinski definition) is 0. The normalized spacial score (nSPS) is 11.7. The fraction of sp³-hybridized carbons (Fsp3) is 0.0217. The maximum Gasteiger partial charge on any atom is 0.164 e. The number of benzene rings is 7. The van der Waals surface area contributed by atoms with Crippen LogP contribution in [0.5, 0.6) is 0 Å². The van der Waals surface area contributed by atoms with Crippen LogP contribution in [0.3, 0.4) is 0 Å². The molecule has 0 aliphatic carbocycles. The second-order valence-electron chi connectivity index (χ2n) is 13.2. The third kappa shape index (κ3) is 5.00. The minimum absolute atomic E-state index is 0.431. The number of fused-ring (bicyclic) bond motifs is 7. The Labute approximate surface area is 303 Å². The number of halogens is 2. The van der Waals surface area contributed by atoms with E-state index < -0.39 is 11.6 Å². The van der Waals surface area contributed by atoms with Gasteiger partial charge in [-0.25, -0.2) is 23.7 Å². The lowest BCUT2D eigenvalue weighted by Crippen LogP contribution is -2.02. The summed E-state index contributed by atoms with van der Waals surface area (Å²) in [6, 6.07) is 50.5. The van der Waals surface area contributed by atoms with Crippen molar-refractivity contribution < 1.29 is 8.78 Å². The third-order valence-electron chi connectivity index (χ3n) is 9.98. The van der Waals surface area contributed by atoms with Crippen LogP contribution in [0.1, 0.15) is 5.56 Å². The van der Waals surface area contributed by atoms with Gasteiger partial charge in [0.2, 0.25) is 0 Å². The van der Waals surface area contributed by atoms with E-state index in [-0.39, 0.29) is 0 Å². The summed E-state index contributed by atoms with van der Waals surface area (Å²) in [6.07, 6.45) is 0. The van der Waals surface area contributed by atoms with Gasteiger partial charge in [-0.1, -0.05) is 103 Å². The lowest BCUT2D eigenvalue weighted by Gasteiger charge is -2.13. The first kappa shape index (κ1) is 30.8. The van der Waals surface area contributed by atoms with Gasteiger partial charge in [0.1, 0.15) is 11.6 Å². The van der Waals surface area contributed by atoms with Crippen molar-refractivity contribution in [2.24, 2.45) is 0 Å². The van der Waals surface area contributed by atoms with Gasteiger partial charge in [0.25, 0.3) is 0 Å². The average molecular weight is 690 g/mol. The van der Waals surface area contributed by atoms with Gasteiger partial charge >= 0.3 is 0 Å².